The Morgan fingerprint density at radius 3 is 2.22 bits per heavy atom. The van der Waals surface area contributed by atoms with Gasteiger partial charge >= 0.3 is 0 Å². The molecule has 0 aliphatic carbocycles. The zero-order chi connectivity index (χ0) is 26.0. The fraction of sp³-hybridized carbons (Fsp3) is 0.280. The second kappa shape index (κ2) is 10.9. The lowest BCUT2D eigenvalue weighted by atomic mass is 10.0. The molecule has 0 aromatic heterocycles. The van der Waals surface area contributed by atoms with Crippen molar-refractivity contribution in [1.29, 1.82) is 0 Å². The third-order valence-corrected chi connectivity index (χ3v) is 8.30. The summed E-state index contributed by atoms with van der Waals surface area (Å²) in [6.07, 6.45) is 0.841. The van der Waals surface area contributed by atoms with Gasteiger partial charge in [-0.3, -0.25) is 4.72 Å². The summed E-state index contributed by atoms with van der Waals surface area (Å²) in [5, 5.41) is 1.04. The van der Waals surface area contributed by atoms with E-state index in [0.717, 1.165) is 19.5 Å². The van der Waals surface area contributed by atoms with Gasteiger partial charge in [0.2, 0.25) is 0 Å². The number of likely N-dealkylation sites (N-methyl/N-ethyl adjacent to an activating group) is 1. The Morgan fingerprint density at radius 2 is 1.58 bits per heavy atom. The number of nitrogens with zero attached hydrogens (tertiary/aromatic N) is 1. The van der Waals surface area contributed by atoms with Crippen LogP contribution in [0.4, 0.5) is 5.69 Å². The number of halogens is 3. The van der Waals surface area contributed by atoms with Gasteiger partial charge in [-0.15, -0.1) is 0 Å². The van der Waals surface area contributed by atoms with E-state index < -0.39 is 10.0 Å². The molecule has 36 heavy (non-hydrogen) atoms. The zero-order valence-electron chi connectivity index (χ0n) is 19.8. The lowest BCUT2D eigenvalue weighted by Gasteiger charge is -2.18. The molecule has 0 radical (unpaired) electrons. The van der Waals surface area contributed by atoms with Gasteiger partial charge in [0, 0.05) is 30.8 Å². The maximum absolute atomic E-state index is 13.7. The molecule has 1 saturated heterocycles. The summed E-state index contributed by atoms with van der Waals surface area (Å²) >= 11 is 18.6. The largest absolute Gasteiger partial charge is 0.493 e. The lowest BCUT2D eigenvalue weighted by Crippen LogP contribution is -2.21. The third-order valence-electron chi connectivity index (χ3n) is 5.83. The van der Waals surface area contributed by atoms with E-state index in [9.17, 15) is 8.42 Å². The zero-order valence-corrected chi connectivity index (χ0v) is 22.9. The van der Waals surface area contributed by atoms with Crippen LogP contribution < -0.4 is 18.9 Å². The standard InChI is InChI=1S/C25H25Cl3N2O5S/c1-30-9-8-17(14-30)35-22-11-16(5-7-20(22)27)29-36(31,32)25-13-24(34-3)23(33-2)12-18(25)15-4-6-19(26)21(28)10-15/h4-7,10-13,17,29H,8-9,14H2,1-3H3/t17-/m1/s1. The normalized spacial score (nSPS) is 16.1. The Bertz CT molecular complexity index is 1380. The first kappa shape index (κ1) is 26.7. The molecule has 0 bridgehead atoms. The first-order valence-electron chi connectivity index (χ1n) is 11.0. The van der Waals surface area contributed by atoms with E-state index in [2.05, 4.69) is 9.62 Å². The van der Waals surface area contributed by atoms with Crippen molar-refractivity contribution in [3.05, 3.63) is 63.6 Å². The average molecular weight is 572 g/mol. The van der Waals surface area contributed by atoms with Crippen LogP contribution in [0.15, 0.2) is 53.4 Å². The highest BCUT2D eigenvalue weighted by molar-refractivity contribution is 7.92. The maximum atomic E-state index is 13.7. The molecule has 192 valence electrons. The second-order valence-electron chi connectivity index (χ2n) is 8.37. The topological polar surface area (TPSA) is 77.1 Å². The Balaban J connectivity index is 1.73. The van der Waals surface area contributed by atoms with Crippen LogP contribution in [-0.4, -0.2) is 53.8 Å². The van der Waals surface area contributed by atoms with Crippen LogP contribution in [0.5, 0.6) is 17.2 Å². The highest BCUT2D eigenvalue weighted by atomic mass is 35.5. The van der Waals surface area contributed by atoms with Gasteiger partial charge in [0.15, 0.2) is 11.5 Å². The smallest absolute Gasteiger partial charge is 0.262 e. The summed E-state index contributed by atoms with van der Waals surface area (Å²) in [5.74, 6) is 1.03. The Labute approximate surface area is 225 Å². The SMILES string of the molecule is COc1cc(-c2ccc(Cl)c(Cl)c2)c(S(=O)(=O)Nc2ccc(Cl)c(O[C@@H]3CCN(C)C3)c2)cc1OC. The predicted molar refractivity (Wildman–Crippen MR) is 144 cm³/mol. The minimum Gasteiger partial charge on any atom is -0.493 e. The van der Waals surface area contributed by atoms with E-state index in [1.54, 1.807) is 42.5 Å². The van der Waals surface area contributed by atoms with Gasteiger partial charge in [0.25, 0.3) is 10.0 Å². The first-order chi connectivity index (χ1) is 17.1. The van der Waals surface area contributed by atoms with Gasteiger partial charge in [0.05, 0.1) is 39.9 Å². The first-order valence-corrected chi connectivity index (χ1v) is 13.6. The molecule has 3 aromatic carbocycles. The van der Waals surface area contributed by atoms with Gasteiger partial charge in [-0.05, 0) is 49.4 Å². The molecule has 1 heterocycles. The van der Waals surface area contributed by atoms with Crippen LogP contribution in [0, 0.1) is 0 Å². The quantitative estimate of drug-likeness (QED) is 0.346. The molecule has 1 atom stereocenters. The van der Waals surface area contributed by atoms with Crippen molar-refractivity contribution in [3.63, 3.8) is 0 Å². The van der Waals surface area contributed by atoms with Crippen molar-refractivity contribution in [2.45, 2.75) is 17.4 Å². The maximum Gasteiger partial charge on any atom is 0.262 e. The molecule has 1 aliphatic heterocycles. The average Bonchev–Trinajstić information content (AvgIpc) is 3.26. The summed E-state index contributed by atoms with van der Waals surface area (Å²) in [7, 11) is 0.818. The monoisotopic (exact) mass is 570 g/mol. The molecule has 0 saturated carbocycles. The van der Waals surface area contributed by atoms with Crippen molar-refractivity contribution in [2.24, 2.45) is 0 Å². The van der Waals surface area contributed by atoms with Gasteiger partial charge < -0.3 is 19.1 Å². The van der Waals surface area contributed by atoms with Crippen LogP contribution in [0.25, 0.3) is 11.1 Å². The summed E-state index contributed by atoms with van der Waals surface area (Å²) in [4.78, 5) is 2.13. The molecular formula is C25H25Cl3N2O5S. The molecule has 0 amide bonds. The van der Waals surface area contributed by atoms with Crippen LogP contribution >= 0.6 is 34.8 Å². The number of ether oxygens (including phenoxy) is 3. The van der Waals surface area contributed by atoms with E-state index in [1.165, 1.54) is 20.3 Å². The number of hydrogen-bond donors (Lipinski definition) is 1. The van der Waals surface area contributed by atoms with E-state index in [0.29, 0.717) is 38.4 Å². The molecule has 0 unspecified atom stereocenters. The molecule has 1 fully saturated rings. The van der Waals surface area contributed by atoms with E-state index in [4.69, 9.17) is 49.0 Å². The Hall–Kier alpha value is -2.36. The molecule has 0 spiro atoms. The summed E-state index contributed by atoms with van der Waals surface area (Å²) < 4.78 is 46.8. The Morgan fingerprint density at radius 1 is 0.889 bits per heavy atom. The van der Waals surface area contributed by atoms with E-state index >= 15 is 0 Å². The molecule has 11 heteroatoms. The lowest BCUT2D eigenvalue weighted by molar-refractivity contribution is 0.208. The van der Waals surface area contributed by atoms with Crippen molar-refractivity contribution in [2.75, 3.05) is 39.1 Å². The molecule has 3 aromatic rings. The minimum atomic E-state index is -4.11. The fourth-order valence-corrected chi connectivity index (χ4v) is 5.75. The summed E-state index contributed by atoms with van der Waals surface area (Å²) in [6, 6.07) is 12.6. The number of benzene rings is 3. The number of rotatable bonds is 8. The van der Waals surface area contributed by atoms with Crippen LogP contribution in [0.2, 0.25) is 15.1 Å². The molecular weight excluding hydrogens is 547 g/mol. The third kappa shape index (κ3) is 5.79. The number of likely N-dealkylation sites (tertiary alicyclic amines) is 1. The highest BCUT2D eigenvalue weighted by Crippen LogP contribution is 2.40. The van der Waals surface area contributed by atoms with Gasteiger partial charge in [0.1, 0.15) is 11.9 Å². The number of anilines is 1. The van der Waals surface area contributed by atoms with E-state index in [1.807, 2.05) is 7.05 Å². The summed E-state index contributed by atoms with van der Waals surface area (Å²) in [5.41, 5.74) is 1.20. The highest BCUT2D eigenvalue weighted by Gasteiger charge is 2.25. The Kier molecular flexibility index (Phi) is 8.12. The van der Waals surface area contributed by atoms with Crippen LogP contribution in [-0.2, 0) is 10.0 Å². The number of hydrogen-bond acceptors (Lipinski definition) is 6. The minimum absolute atomic E-state index is 0.0218. The number of methoxy groups -OCH3 is 2. The second-order valence-corrected chi connectivity index (χ2v) is 11.2. The molecule has 4 rings (SSSR count). The van der Waals surface area contributed by atoms with Crippen molar-refractivity contribution in [3.8, 4) is 28.4 Å². The van der Waals surface area contributed by atoms with Gasteiger partial charge in [-0.2, -0.15) is 0 Å². The van der Waals surface area contributed by atoms with E-state index in [-0.39, 0.29) is 21.8 Å². The predicted octanol–water partition coefficient (Wildman–Crippen LogP) is 6.21. The molecule has 1 aliphatic rings. The van der Waals surface area contributed by atoms with Gasteiger partial charge in [-0.25, -0.2) is 8.42 Å². The van der Waals surface area contributed by atoms with Crippen LogP contribution in [0.3, 0.4) is 0 Å². The molecule has 7 nitrogen and oxygen atoms in total. The summed E-state index contributed by atoms with van der Waals surface area (Å²) in [6.45, 7) is 1.69. The van der Waals surface area contributed by atoms with Crippen molar-refractivity contribution < 1.29 is 22.6 Å². The fourth-order valence-electron chi connectivity index (χ4n) is 4.01. The van der Waals surface area contributed by atoms with Crippen molar-refractivity contribution in [1.82, 2.24) is 4.90 Å². The van der Waals surface area contributed by atoms with Crippen molar-refractivity contribution >= 4 is 50.5 Å². The number of nitrogens with one attached hydrogen (secondary N) is 1. The molecule has 1 N–H and O–H groups in total. The van der Waals surface area contributed by atoms with Crippen LogP contribution in [0.1, 0.15) is 6.42 Å². The van der Waals surface area contributed by atoms with Gasteiger partial charge in [-0.1, -0.05) is 40.9 Å². The number of sulfonamides is 1.